The molecule has 4 aromatic rings. The summed E-state index contributed by atoms with van der Waals surface area (Å²) in [5.41, 5.74) is 2.78. The lowest BCUT2D eigenvalue weighted by atomic mass is 10.0. The van der Waals surface area contributed by atoms with E-state index in [0.29, 0.717) is 22.1 Å². The van der Waals surface area contributed by atoms with Crippen molar-refractivity contribution in [2.45, 2.75) is 6.54 Å². The van der Waals surface area contributed by atoms with Crippen LogP contribution in [0.4, 0.5) is 0 Å². The fourth-order valence-electron chi connectivity index (χ4n) is 3.42. The third-order valence-corrected chi connectivity index (χ3v) is 5.07. The Labute approximate surface area is 184 Å². The lowest BCUT2D eigenvalue weighted by molar-refractivity contribution is 0.373. The smallest absolute Gasteiger partial charge is 0.258 e. The molecule has 0 saturated heterocycles. The maximum atomic E-state index is 12.3. The molecular formula is C26H22N2O4. The Bertz CT molecular complexity index is 1370. The normalized spacial score (nSPS) is 11.5. The van der Waals surface area contributed by atoms with Crippen LogP contribution in [0.1, 0.15) is 22.3 Å². The molecule has 6 nitrogen and oxygen atoms in total. The van der Waals surface area contributed by atoms with E-state index in [0.717, 1.165) is 16.7 Å². The number of ether oxygens (including phenoxy) is 1. The van der Waals surface area contributed by atoms with E-state index in [9.17, 15) is 15.0 Å². The number of aromatic amines is 1. The minimum atomic E-state index is -0.367. The number of H-pyrrole nitrogens is 1. The molecule has 0 aliphatic rings. The highest BCUT2D eigenvalue weighted by Gasteiger charge is 2.10. The summed E-state index contributed by atoms with van der Waals surface area (Å²) < 4.78 is 5.05. The van der Waals surface area contributed by atoms with E-state index >= 15 is 0 Å². The molecule has 0 bridgehead atoms. The first kappa shape index (κ1) is 20.9. The molecule has 0 spiro atoms. The molecule has 4 rings (SSSR count). The largest absolute Gasteiger partial charge is 0.504 e. The molecule has 1 aromatic heterocycles. The number of aromatic hydroxyl groups is 2. The van der Waals surface area contributed by atoms with Gasteiger partial charge in [0.1, 0.15) is 0 Å². The summed E-state index contributed by atoms with van der Waals surface area (Å²) in [6, 6.07) is 20.4. The lowest BCUT2D eigenvalue weighted by Crippen LogP contribution is -2.08. The molecule has 32 heavy (non-hydrogen) atoms. The first-order chi connectivity index (χ1) is 15.5. The first-order valence-corrected chi connectivity index (χ1v) is 10.0. The van der Waals surface area contributed by atoms with E-state index in [2.05, 4.69) is 9.98 Å². The van der Waals surface area contributed by atoms with Crippen molar-refractivity contribution >= 4 is 29.1 Å². The molecule has 0 unspecified atom stereocenters. The fourth-order valence-corrected chi connectivity index (χ4v) is 3.42. The van der Waals surface area contributed by atoms with Crippen LogP contribution in [0.15, 0.2) is 76.5 Å². The summed E-state index contributed by atoms with van der Waals surface area (Å²) in [5, 5.41) is 21.4. The second-order valence-electron chi connectivity index (χ2n) is 7.24. The Kier molecular flexibility index (Phi) is 6.03. The zero-order valence-corrected chi connectivity index (χ0v) is 17.4. The van der Waals surface area contributed by atoms with Crippen LogP contribution < -0.4 is 10.3 Å². The van der Waals surface area contributed by atoms with Gasteiger partial charge < -0.3 is 14.9 Å². The second kappa shape index (κ2) is 9.22. The SMILES string of the molecule is COc1ccc(CN=Cc2c(O)[nH]c(=O)c3ccc(/C=C/c4ccccc4)cc23)cc1O. The van der Waals surface area contributed by atoms with Crippen molar-refractivity contribution in [1.82, 2.24) is 4.98 Å². The maximum absolute atomic E-state index is 12.3. The van der Waals surface area contributed by atoms with Gasteiger partial charge in [-0.25, -0.2) is 0 Å². The van der Waals surface area contributed by atoms with Crippen LogP contribution in [-0.4, -0.2) is 28.5 Å². The number of hydrogen-bond acceptors (Lipinski definition) is 5. The Morgan fingerprint density at radius 2 is 1.72 bits per heavy atom. The van der Waals surface area contributed by atoms with Gasteiger partial charge in [-0.1, -0.05) is 54.6 Å². The van der Waals surface area contributed by atoms with Crippen molar-refractivity contribution in [2.24, 2.45) is 4.99 Å². The molecule has 0 amide bonds. The van der Waals surface area contributed by atoms with Crippen LogP contribution in [0.25, 0.3) is 22.9 Å². The van der Waals surface area contributed by atoms with Crippen LogP contribution in [-0.2, 0) is 6.54 Å². The van der Waals surface area contributed by atoms with Crippen LogP contribution in [0.3, 0.4) is 0 Å². The van der Waals surface area contributed by atoms with E-state index in [1.54, 1.807) is 24.3 Å². The third-order valence-electron chi connectivity index (χ3n) is 5.07. The summed E-state index contributed by atoms with van der Waals surface area (Å²) in [7, 11) is 1.49. The number of pyridine rings is 1. The lowest BCUT2D eigenvalue weighted by Gasteiger charge is -2.07. The van der Waals surface area contributed by atoms with Gasteiger partial charge >= 0.3 is 0 Å². The van der Waals surface area contributed by atoms with Gasteiger partial charge in [-0.05, 0) is 41.0 Å². The maximum Gasteiger partial charge on any atom is 0.258 e. The van der Waals surface area contributed by atoms with Crippen molar-refractivity contribution in [1.29, 1.82) is 0 Å². The predicted octanol–water partition coefficient (Wildman–Crippen LogP) is 4.74. The highest BCUT2D eigenvalue weighted by atomic mass is 16.5. The molecule has 3 aromatic carbocycles. The minimum Gasteiger partial charge on any atom is -0.504 e. The number of rotatable bonds is 6. The molecule has 0 saturated carbocycles. The van der Waals surface area contributed by atoms with Gasteiger partial charge in [-0.2, -0.15) is 0 Å². The fraction of sp³-hybridized carbons (Fsp3) is 0.0769. The molecule has 0 aliphatic carbocycles. The number of methoxy groups -OCH3 is 1. The van der Waals surface area contributed by atoms with Gasteiger partial charge in [0.05, 0.1) is 19.2 Å². The second-order valence-corrected chi connectivity index (χ2v) is 7.24. The first-order valence-electron chi connectivity index (χ1n) is 10.0. The van der Waals surface area contributed by atoms with Crippen molar-refractivity contribution in [3.8, 4) is 17.4 Å². The van der Waals surface area contributed by atoms with Crippen LogP contribution in [0.5, 0.6) is 17.4 Å². The molecule has 0 aliphatic heterocycles. The Morgan fingerprint density at radius 1 is 0.938 bits per heavy atom. The molecule has 1 heterocycles. The highest BCUT2D eigenvalue weighted by molar-refractivity contribution is 6.02. The number of aromatic nitrogens is 1. The number of aliphatic imine (C=N–C) groups is 1. The topological polar surface area (TPSA) is 94.9 Å². The zero-order chi connectivity index (χ0) is 22.5. The van der Waals surface area contributed by atoms with E-state index in [1.807, 2.05) is 54.6 Å². The summed E-state index contributed by atoms with van der Waals surface area (Å²) in [6.45, 7) is 0.283. The standard InChI is InChI=1S/C26H22N2O4/c1-32-24-12-10-19(14-23(24)29)15-27-16-22-21-13-18(8-7-17-5-3-2-4-6-17)9-11-20(21)25(30)28-26(22)31/h2-14,16,29H,15H2,1H3,(H2,28,30,31)/b8-7+,27-16?. The average molecular weight is 426 g/mol. The van der Waals surface area contributed by atoms with E-state index in [-0.39, 0.29) is 23.7 Å². The van der Waals surface area contributed by atoms with Gasteiger partial charge in [-0.15, -0.1) is 0 Å². The van der Waals surface area contributed by atoms with Gasteiger partial charge in [0.25, 0.3) is 5.56 Å². The molecular weight excluding hydrogens is 404 g/mol. The van der Waals surface area contributed by atoms with Gasteiger partial charge in [0, 0.05) is 17.0 Å². The summed E-state index contributed by atoms with van der Waals surface area (Å²) in [5.74, 6) is 0.179. The molecule has 0 fully saturated rings. The van der Waals surface area contributed by atoms with Crippen LogP contribution in [0.2, 0.25) is 0 Å². The van der Waals surface area contributed by atoms with Crippen LogP contribution in [0, 0.1) is 0 Å². The number of nitrogens with zero attached hydrogens (tertiary/aromatic N) is 1. The summed E-state index contributed by atoms with van der Waals surface area (Å²) in [4.78, 5) is 19.2. The number of nitrogens with one attached hydrogen (secondary N) is 1. The zero-order valence-electron chi connectivity index (χ0n) is 17.4. The van der Waals surface area contributed by atoms with E-state index in [1.165, 1.54) is 13.3 Å². The van der Waals surface area contributed by atoms with Gasteiger partial charge in [0.2, 0.25) is 5.88 Å². The van der Waals surface area contributed by atoms with Crippen molar-refractivity contribution in [3.05, 3.63) is 99.3 Å². The van der Waals surface area contributed by atoms with Crippen LogP contribution >= 0.6 is 0 Å². The number of fused-ring (bicyclic) bond motifs is 1. The van der Waals surface area contributed by atoms with Crippen molar-refractivity contribution in [3.63, 3.8) is 0 Å². The third kappa shape index (κ3) is 4.54. The minimum absolute atomic E-state index is 0.0346. The Hall–Kier alpha value is -4.32. The number of benzene rings is 3. The van der Waals surface area contributed by atoms with Crippen molar-refractivity contribution in [2.75, 3.05) is 7.11 Å². The predicted molar refractivity (Wildman–Crippen MR) is 128 cm³/mol. The molecule has 160 valence electrons. The average Bonchev–Trinajstić information content (AvgIpc) is 2.80. The number of phenolic OH excluding ortho intramolecular Hbond substituents is 1. The molecule has 0 atom stereocenters. The highest BCUT2D eigenvalue weighted by Crippen LogP contribution is 2.27. The molecule has 6 heteroatoms. The summed E-state index contributed by atoms with van der Waals surface area (Å²) >= 11 is 0. The van der Waals surface area contributed by atoms with Gasteiger partial charge in [-0.3, -0.25) is 14.8 Å². The quantitative estimate of drug-likeness (QED) is 0.307. The number of hydrogen-bond donors (Lipinski definition) is 3. The Balaban J connectivity index is 1.66. The van der Waals surface area contributed by atoms with E-state index < -0.39 is 0 Å². The molecule has 0 radical (unpaired) electrons. The van der Waals surface area contributed by atoms with Crippen molar-refractivity contribution < 1.29 is 14.9 Å². The number of phenols is 1. The molecule has 3 N–H and O–H groups in total. The van der Waals surface area contributed by atoms with Gasteiger partial charge in [0.15, 0.2) is 11.5 Å². The monoisotopic (exact) mass is 426 g/mol. The summed E-state index contributed by atoms with van der Waals surface area (Å²) in [6.07, 6.45) is 5.46. The van der Waals surface area contributed by atoms with E-state index in [4.69, 9.17) is 4.74 Å². The Morgan fingerprint density at radius 3 is 2.47 bits per heavy atom.